The van der Waals surface area contributed by atoms with Crippen molar-refractivity contribution in [3.63, 3.8) is 0 Å². The van der Waals surface area contributed by atoms with Crippen molar-refractivity contribution in [2.45, 2.75) is 50.4 Å². The van der Waals surface area contributed by atoms with E-state index in [1.807, 2.05) is 0 Å². The second-order valence-electron chi connectivity index (χ2n) is 7.93. The maximum Gasteiger partial charge on any atom is 0.490 e. The molecule has 4 rings (SSSR count). The molecule has 0 bridgehead atoms. The maximum atomic E-state index is 13.0. The SMILES string of the molecule is O=C(O)C(F)(F)F.O=C1C[C@H]2[C@H](CCN2c2cc(C(F)(F)F)ncn2)N1Cc1ccc(OC(F)F)cc1. The van der Waals surface area contributed by atoms with Gasteiger partial charge in [-0.05, 0) is 24.1 Å². The molecule has 2 fully saturated rings. The zero-order valence-corrected chi connectivity index (χ0v) is 18.5. The molecule has 1 amide bonds. The van der Waals surface area contributed by atoms with Crippen LogP contribution in [-0.4, -0.2) is 63.3 Å². The number of fused-ring (bicyclic) bond motifs is 1. The average Bonchev–Trinajstić information content (AvgIpc) is 3.33. The van der Waals surface area contributed by atoms with Gasteiger partial charge in [0, 0.05) is 25.6 Å². The van der Waals surface area contributed by atoms with Crippen molar-refractivity contribution in [3.05, 3.63) is 47.9 Å². The highest BCUT2D eigenvalue weighted by Crippen LogP contribution is 2.37. The van der Waals surface area contributed by atoms with Crippen LogP contribution in [-0.2, 0) is 22.3 Å². The van der Waals surface area contributed by atoms with Crippen LogP contribution in [0.1, 0.15) is 24.1 Å². The number of nitrogens with zero attached hydrogens (tertiary/aromatic N) is 4. The van der Waals surface area contributed by atoms with Gasteiger partial charge in [0.25, 0.3) is 0 Å². The predicted octanol–water partition coefficient (Wildman–Crippen LogP) is 4.11. The summed E-state index contributed by atoms with van der Waals surface area (Å²) in [7, 11) is 0. The van der Waals surface area contributed by atoms with Crippen LogP contribution in [0, 0.1) is 0 Å². The van der Waals surface area contributed by atoms with Gasteiger partial charge in [-0.15, -0.1) is 0 Å². The molecule has 2 atom stereocenters. The minimum Gasteiger partial charge on any atom is -0.475 e. The smallest absolute Gasteiger partial charge is 0.475 e. The number of hydrogen-bond acceptors (Lipinski definition) is 6. The van der Waals surface area contributed by atoms with Crippen LogP contribution in [0.2, 0.25) is 0 Å². The van der Waals surface area contributed by atoms with E-state index in [0.29, 0.717) is 13.0 Å². The molecule has 2 aliphatic heterocycles. The van der Waals surface area contributed by atoms with Gasteiger partial charge in [0.15, 0.2) is 0 Å². The Balaban J connectivity index is 0.000000479. The fourth-order valence-electron chi connectivity index (χ4n) is 4.05. The van der Waals surface area contributed by atoms with Crippen molar-refractivity contribution in [2.75, 3.05) is 11.4 Å². The number of hydrogen-bond donors (Lipinski definition) is 1. The molecule has 2 aromatic rings. The van der Waals surface area contributed by atoms with Crippen molar-refractivity contribution in [1.29, 1.82) is 0 Å². The molecule has 16 heteroatoms. The first-order valence-corrected chi connectivity index (χ1v) is 10.5. The Bertz CT molecular complexity index is 1110. The van der Waals surface area contributed by atoms with E-state index >= 15 is 0 Å². The lowest BCUT2D eigenvalue weighted by Crippen LogP contribution is -2.37. The fraction of sp³-hybridized carbons (Fsp3) is 0.429. The average molecular weight is 542 g/mol. The van der Waals surface area contributed by atoms with E-state index in [4.69, 9.17) is 9.90 Å². The molecular weight excluding hydrogens is 524 g/mol. The molecule has 1 aromatic carbocycles. The second kappa shape index (κ2) is 10.7. The number of aliphatic carboxylic acids is 1. The summed E-state index contributed by atoms with van der Waals surface area (Å²) in [6.07, 6.45) is -8.02. The number of alkyl halides is 8. The van der Waals surface area contributed by atoms with E-state index < -0.39 is 30.6 Å². The first-order chi connectivity index (χ1) is 17.2. The third-order valence-electron chi connectivity index (χ3n) is 5.60. The van der Waals surface area contributed by atoms with Crippen molar-refractivity contribution < 1.29 is 54.6 Å². The molecule has 2 saturated heterocycles. The molecule has 0 radical (unpaired) electrons. The number of ether oxygens (including phenoxy) is 1. The lowest BCUT2D eigenvalue weighted by molar-refractivity contribution is -0.192. The van der Waals surface area contributed by atoms with E-state index in [9.17, 15) is 39.9 Å². The molecule has 1 N–H and O–H groups in total. The fourth-order valence-corrected chi connectivity index (χ4v) is 4.05. The summed E-state index contributed by atoms with van der Waals surface area (Å²) in [5.74, 6) is -2.70. The minimum atomic E-state index is -5.08. The van der Waals surface area contributed by atoms with Crippen LogP contribution in [0.4, 0.5) is 40.9 Å². The number of likely N-dealkylation sites (tertiary alicyclic amines) is 1. The van der Waals surface area contributed by atoms with Crippen LogP contribution in [0.5, 0.6) is 5.75 Å². The Morgan fingerprint density at radius 3 is 2.24 bits per heavy atom. The molecular formula is C21H18F8N4O4. The predicted molar refractivity (Wildman–Crippen MR) is 109 cm³/mol. The van der Waals surface area contributed by atoms with Crippen molar-refractivity contribution in [2.24, 2.45) is 0 Å². The lowest BCUT2D eigenvalue weighted by atomic mass is 10.1. The standard InChI is InChI=1S/C19H17F5N4O2.C2HF3O2/c20-18(21)30-12-3-1-11(2-4-12)9-28-13-5-6-27(14(13)7-17(28)29)16-8-15(19(22,23)24)25-10-26-16;3-2(4,5)1(6)7/h1-4,8,10,13-14,18H,5-7,9H2;(H,6,7)/t13-,14-;/m0./s1. The number of aromatic nitrogens is 2. The van der Waals surface area contributed by atoms with Crippen LogP contribution in [0.25, 0.3) is 0 Å². The Morgan fingerprint density at radius 1 is 1.08 bits per heavy atom. The Labute approximate surface area is 203 Å². The van der Waals surface area contributed by atoms with E-state index in [2.05, 4.69) is 14.7 Å². The van der Waals surface area contributed by atoms with Gasteiger partial charge in [-0.1, -0.05) is 12.1 Å². The quantitative estimate of drug-likeness (QED) is 0.569. The number of amides is 1. The van der Waals surface area contributed by atoms with Crippen LogP contribution in [0.3, 0.4) is 0 Å². The monoisotopic (exact) mass is 542 g/mol. The van der Waals surface area contributed by atoms with Crippen LogP contribution in [0.15, 0.2) is 36.7 Å². The number of rotatable bonds is 5. The first-order valence-electron chi connectivity index (χ1n) is 10.5. The Morgan fingerprint density at radius 2 is 1.70 bits per heavy atom. The summed E-state index contributed by atoms with van der Waals surface area (Å²) < 4.78 is 99.5. The van der Waals surface area contributed by atoms with Gasteiger partial charge in [0.1, 0.15) is 23.6 Å². The molecule has 0 saturated carbocycles. The number of carbonyl (C=O) groups excluding carboxylic acids is 1. The van der Waals surface area contributed by atoms with Crippen molar-refractivity contribution in [1.82, 2.24) is 14.9 Å². The first kappa shape index (κ1) is 27.9. The van der Waals surface area contributed by atoms with Gasteiger partial charge in [0.2, 0.25) is 5.91 Å². The summed E-state index contributed by atoms with van der Waals surface area (Å²) in [5, 5.41) is 7.12. The molecule has 0 unspecified atom stereocenters. The molecule has 8 nitrogen and oxygen atoms in total. The number of carboxylic acid groups (broad SMARTS) is 1. The largest absolute Gasteiger partial charge is 0.490 e. The molecule has 2 aliphatic rings. The molecule has 37 heavy (non-hydrogen) atoms. The lowest BCUT2D eigenvalue weighted by Gasteiger charge is -2.26. The zero-order chi connectivity index (χ0) is 27.5. The van der Waals surface area contributed by atoms with E-state index in [-0.39, 0.29) is 42.5 Å². The summed E-state index contributed by atoms with van der Waals surface area (Å²) in [6.45, 7) is -2.17. The second-order valence-corrected chi connectivity index (χ2v) is 7.93. The van der Waals surface area contributed by atoms with Gasteiger partial charge >= 0.3 is 24.9 Å². The number of carboxylic acids is 1. The highest BCUT2D eigenvalue weighted by Gasteiger charge is 2.47. The van der Waals surface area contributed by atoms with E-state index in [1.54, 1.807) is 21.9 Å². The summed E-state index contributed by atoms with van der Waals surface area (Å²) in [5.41, 5.74) is -0.284. The van der Waals surface area contributed by atoms with Gasteiger partial charge < -0.3 is 19.6 Å². The van der Waals surface area contributed by atoms with Gasteiger partial charge in [-0.3, -0.25) is 4.79 Å². The third-order valence-corrected chi connectivity index (χ3v) is 5.60. The normalized spacial score (nSPS) is 19.5. The highest BCUT2D eigenvalue weighted by atomic mass is 19.4. The maximum absolute atomic E-state index is 13.0. The molecule has 1 aromatic heterocycles. The number of carbonyl (C=O) groups is 2. The van der Waals surface area contributed by atoms with Crippen molar-refractivity contribution >= 4 is 17.7 Å². The summed E-state index contributed by atoms with van der Waals surface area (Å²) in [6, 6.07) is 6.46. The van der Waals surface area contributed by atoms with Gasteiger partial charge in [-0.2, -0.15) is 35.1 Å². The van der Waals surface area contributed by atoms with Crippen molar-refractivity contribution in [3.8, 4) is 5.75 Å². The molecule has 0 spiro atoms. The number of benzene rings is 1. The number of halogens is 8. The molecule has 202 valence electrons. The summed E-state index contributed by atoms with van der Waals surface area (Å²) >= 11 is 0. The van der Waals surface area contributed by atoms with Crippen LogP contribution >= 0.6 is 0 Å². The van der Waals surface area contributed by atoms with E-state index in [1.165, 1.54) is 12.1 Å². The topological polar surface area (TPSA) is 95.9 Å². The van der Waals surface area contributed by atoms with E-state index in [0.717, 1.165) is 18.0 Å². The van der Waals surface area contributed by atoms with Gasteiger partial charge in [-0.25, -0.2) is 14.8 Å². The Kier molecular flexibility index (Phi) is 8.07. The zero-order valence-electron chi connectivity index (χ0n) is 18.5. The number of anilines is 1. The highest BCUT2D eigenvalue weighted by molar-refractivity contribution is 5.81. The third kappa shape index (κ3) is 6.95. The molecule has 0 aliphatic carbocycles. The molecule has 3 heterocycles. The van der Waals surface area contributed by atoms with Gasteiger partial charge in [0.05, 0.1) is 12.1 Å². The summed E-state index contributed by atoms with van der Waals surface area (Å²) in [4.78, 5) is 32.1. The minimum absolute atomic E-state index is 0.0237. The Hall–Kier alpha value is -3.72. The van der Waals surface area contributed by atoms with Crippen LogP contribution < -0.4 is 9.64 Å².